The van der Waals surface area contributed by atoms with Gasteiger partial charge in [-0.15, -0.1) is 0 Å². The molecule has 0 heterocycles. The first-order chi connectivity index (χ1) is 10.1. The minimum atomic E-state index is -0.260. The quantitative estimate of drug-likeness (QED) is 0.820. The van der Waals surface area contributed by atoms with Crippen molar-refractivity contribution in [3.05, 3.63) is 63.3 Å². The highest BCUT2D eigenvalue weighted by atomic mass is 79.9. The Morgan fingerprint density at radius 3 is 2.62 bits per heavy atom. The fraction of sp³-hybridized carbons (Fsp3) is 0.250. The molecular formula is C16H17BrClFN2. The van der Waals surface area contributed by atoms with E-state index in [1.165, 1.54) is 6.07 Å². The molecule has 1 atom stereocenters. The number of halogens is 3. The lowest BCUT2D eigenvalue weighted by molar-refractivity contribution is 0.588. The maximum Gasteiger partial charge on any atom is 0.146 e. The van der Waals surface area contributed by atoms with Crippen molar-refractivity contribution in [1.29, 1.82) is 0 Å². The summed E-state index contributed by atoms with van der Waals surface area (Å²) in [4.78, 5) is 1.93. The summed E-state index contributed by atoms with van der Waals surface area (Å²) in [6.07, 6.45) is 0. The first-order valence-corrected chi connectivity index (χ1v) is 7.91. The van der Waals surface area contributed by atoms with Crippen LogP contribution >= 0.6 is 27.5 Å². The number of hydrogen-bond donors (Lipinski definition) is 1. The summed E-state index contributed by atoms with van der Waals surface area (Å²) < 4.78 is 15.0. The molecule has 21 heavy (non-hydrogen) atoms. The highest BCUT2D eigenvalue weighted by Crippen LogP contribution is 2.33. The van der Waals surface area contributed by atoms with Crippen molar-refractivity contribution in [2.24, 2.45) is 5.73 Å². The molecule has 0 aliphatic heterocycles. The van der Waals surface area contributed by atoms with Gasteiger partial charge in [-0.1, -0.05) is 39.7 Å². The number of nitrogens with zero attached hydrogens (tertiary/aromatic N) is 1. The second kappa shape index (κ2) is 7.25. The third-order valence-electron chi connectivity index (χ3n) is 3.42. The zero-order valence-corrected chi connectivity index (χ0v) is 14.0. The molecule has 112 valence electrons. The van der Waals surface area contributed by atoms with Gasteiger partial charge in [-0.2, -0.15) is 0 Å². The lowest BCUT2D eigenvalue weighted by atomic mass is 10.0. The average molecular weight is 372 g/mol. The number of nitrogens with two attached hydrogens (primary N) is 1. The van der Waals surface area contributed by atoms with E-state index in [4.69, 9.17) is 17.3 Å². The van der Waals surface area contributed by atoms with E-state index in [2.05, 4.69) is 15.9 Å². The van der Waals surface area contributed by atoms with Crippen LogP contribution in [0.15, 0.2) is 46.9 Å². The van der Waals surface area contributed by atoms with Gasteiger partial charge in [-0.3, -0.25) is 0 Å². The molecule has 0 saturated heterocycles. The fourth-order valence-corrected chi connectivity index (χ4v) is 3.06. The Bertz CT molecular complexity index is 621. The Balaban J connectivity index is 2.48. The molecule has 2 nitrogen and oxygen atoms in total. The molecule has 0 saturated carbocycles. The van der Waals surface area contributed by atoms with Crippen LogP contribution in [-0.2, 0) is 0 Å². The molecule has 2 rings (SSSR count). The van der Waals surface area contributed by atoms with Gasteiger partial charge in [-0.25, -0.2) is 4.39 Å². The molecule has 0 fully saturated rings. The Morgan fingerprint density at radius 1 is 1.29 bits per heavy atom. The zero-order valence-electron chi connectivity index (χ0n) is 11.7. The molecule has 0 aliphatic rings. The fourth-order valence-electron chi connectivity index (χ4n) is 2.44. The van der Waals surface area contributed by atoms with Crippen LogP contribution in [0.1, 0.15) is 18.5 Å². The summed E-state index contributed by atoms with van der Waals surface area (Å²) in [7, 11) is 0. The van der Waals surface area contributed by atoms with E-state index < -0.39 is 0 Å². The molecule has 2 aromatic carbocycles. The van der Waals surface area contributed by atoms with Crippen LogP contribution in [0.2, 0.25) is 5.02 Å². The predicted octanol–water partition coefficient (Wildman–Crippen LogP) is 4.77. The summed E-state index contributed by atoms with van der Waals surface area (Å²) >= 11 is 9.74. The Morgan fingerprint density at radius 2 is 2.00 bits per heavy atom. The van der Waals surface area contributed by atoms with Gasteiger partial charge < -0.3 is 10.6 Å². The number of para-hydroxylation sites is 1. The largest absolute Gasteiger partial charge is 0.361 e. The third-order valence-corrected chi connectivity index (χ3v) is 4.26. The first kappa shape index (κ1) is 16.3. The van der Waals surface area contributed by atoms with E-state index in [0.717, 1.165) is 10.0 Å². The van der Waals surface area contributed by atoms with Crippen LogP contribution in [0.5, 0.6) is 0 Å². The van der Waals surface area contributed by atoms with Gasteiger partial charge >= 0.3 is 0 Å². The van der Waals surface area contributed by atoms with Crippen molar-refractivity contribution in [3.63, 3.8) is 0 Å². The Hall–Kier alpha value is -1.10. The summed E-state index contributed by atoms with van der Waals surface area (Å²) in [5.41, 5.74) is 7.37. The summed E-state index contributed by atoms with van der Waals surface area (Å²) in [6.45, 7) is 2.95. The monoisotopic (exact) mass is 370 g/mol. The van der Waals surface area contributed by atoms with Gasteiger partial charge in [0.05, 0.1) is 11.7 Å². The highest BCUT2D eigenvalue weighted by molar-refractivity contribution is 9.10. The molecule has 0 bridgehead atoms. The van der Waals surface area contributed by atoms with E-state index in [1.807, 2.05) is 36.1 Å². The lowest BCUT2D eigenvalue weighted by Crippen LogP contribution is -2.34. The summed E-state index contributed by atoms with van der Waals surface area (Å²) in [6, 6.07) is 12.1. The molecule has 0 radical (unpaired) electrons. The van der Waals surface area contributed by atoms with Gasteiger partial charge in [-0.05, 0) is 42.8 Å². The number of rotatable bonds is 5. The molecule has 1 unspecified atom stereocenters. The van der Waals surface area contributed by atoms with Crippen molar-refractivity contribution in [2.45, 2.75) is 13.0 Å². The number of hydrogen-bond acceptors (Lipinski definition) is 2. The van der Waals surface area contributed by atoms with Gasteiger partial charge in [0, 0.05) is 22.6 Å². The van der Waals surface area contributed by atoms with Crippen molar-refractivity contribution >= 4 is 33.2 Å². The number of likely N-dealkylation sites (N-methyl/N-ethyl adjacent to an activating group) is 1. The van der Waals surface area contributed by atoms with Crippen LogP contribution in [0, 0.1) is 5.82 Å². The van der Waals surface area contributed by atoms with Gasteiger partial charge in [0.1, 0.15) is 5.82 Å². The van der Waals surface area contributed by atoms with E-state index in [-0.39, 0.29) is 11.9 Å². The first-order valence-electron chi connectivity index (χ1n) is 6.74. The van der Waals surface area contributed by atoms with Crippen LogP contribution in [0.3, 0.4) is 0 Å². The maximum absolute atomic E-state index is 14.1. The Kier molecular flexibility index (Phi) is 5.62. The molecule has 0 amide bonds. The van der Waals surface area contributed by atoms with Crippen molar-refractivity contribution in [2.75, 3.05) is 18.0 Å². The van der Waals surface area contributed by atoms with Crippen molar-refractivity contribution in [3.8, 4) is 0 Å². The zero-order chi connectivity index (χ0) is 15.4. The average Bonchev–Trinajstić information content (AvgIpc) is 2.48. The molecule has 0 aliphatic carbocycles. The maximum atomic E-state index is 14.1. The van der Waals surface area contributed by atoms with Gasteiger partial charge in [0.15, 0.2) is 0 Å². The summed E-state index contributed by atoms with van der Waals surface area (Å²) in [5.74, 6) is -0.260. The van der Waals surface area contributed by atoms with Crippen LogP contribution < -0.4 is 10.6 Å². The predicted molar refractivity (Wildman–Crippen MR) is 90.4 cm³/mol. The third kappa shape index (κ3) is 3.57. The topological polar surface area (TPSA) is 29.3 Å². The van der Waals surface area contributed by atoms with E-state index in [1.54, 1.807) is 12.1 Å². The lowest BCUT2D eigenvalue weighted by Gasteiger charge is -2.33. The molecule has 0 spiro atoms. The smallest absolute Gasteiger partial charge is 0.146 e. The van der Waals surface area contributed by atoms with Gasteiger partial charge in [0.2, 0.25) is 0 Å². The second-order valence-electron chi connectivity index (χ2n) is 4.65. The molecule has 5 heteroatoms. The number of benzene rings is 2. The van der Waals surface area contributed by atoms with E-state index in [9.17, 15) is 4.39 Å². The van der Waals surface area contributed by atoms with E-state index >= 15 is 0 Å². The Labute approximate surface area is 137 Å². The minimum absolute atomic E-state index is 0.183. The van der Waals surface area contributed by atoms with Crippen molar-refractivity contribution < 1.29 is 4.39 Å². The molecule has 2 N–H and O–H groups in total. The normalized spacial score (nSPS) is 12.2. The second-order valence-corrected chi connectivity index (χ2v) is 5.98. The summed E-state index contributed by atoms with van der Waals surface area (Å²) in [5, 5.41) is 0.628. The van der Waals surface area contributed by atoms with Crippen LogP contribution in [0.4, 0.5) is 10.1 Å². The van der Waals surface area contributed by atoms with Crippen LogP contribution in [-0.4, -0.2) is 13.1 Å². The standard InChI is InChI=1S/C16H17BrClFN2/c1-2-21(15-6-4-3-5-14(15)19)16(10-20)12-9-11(17)7-8-13(12)18/h3-9,16H,2,10,20H2,1H3. The molecule has 2 aromatic rings. The number of anilines is 1. The van der Waals surface area contributed by atoms with Crippen LogP contribution in [0.25, 0.3) is 0 Å². The van der Waals surface area contributed by atoms with Gasteiger partial charge in [0.25, 0.3) is 0 Å². The van der Waals surface area contributed by atoms with Crippen molar-refractivity contribution in [1.82, 2.24) is 0 Å². The molecular weight excluding hydrogens is 355 g/mol. The SMILES string of the molecule is CCN(c1ccccc1F)C(CN)c1cc(Br)ccc1Cl. The minimum Gasteiger partial charge on any atom is -0.361 e. The molecule has 0 aromatic heterocycles. The highest BCUT2D eigenvalue weighted by Gasteiger charge is 2.22. The van der Waals surface area contributed by atoms with E-state index in [0.29, 0.717) is 23.8 Å².